The number of thioether (sulfide) groups is 1. The van der Waals surface area contributed by atoms with Gasteiger partial charge in [-0.15, -0.1) is 10.2 Å². The minimum absolute atomic E-state index is 0.0332. The van der Waals surface area contributed by atoms with Crippen molar-refractivity contribution >= 4 is 29.2 Å². The average Bonchev–Trinajstić information content (AvgIpc) is 3.48. The Balaban J connectivity index is 1.51. The number of methoxy groups -OCH3 is 2. The third-order valence-corrected chi connectivity index (χ3v) is 7.98. The molecule has 0 radical (unpaired) electrons. The number of urea groups is 1. The van der Waals surface area contributed by atoms with Crippen LogP contribution < -0.4 is 20.1 Å². The monoisotopic (exact) mass is 624 g/mol. The minimum Gasteiger partial charge on any atom is -0.497 e. The lowest BCUT2D eigenvalue weighted by molar-refractivity contribution is -0.384. The molecule has 2 amide bonds. The first kappa shape index (κ1) is 31.1. The van der Waals surface area contributed by atoms with Gasteiger partial charge < -0.3 is 20.1 Å². The zero-order valence-corrected chi connectivity index (χ0v) is 25.8. The quantitative estimate of drug-likeness (QED) is 0.0870. The minimum atomic E-state index is -0.632. The third kappa shape index (κ3) is 7.78. The lowest BCUT2D eigenvalue weighted by Gasteiger charge is -2.21. The van der Waals surface area contributed by atoms with Crippen molar-refractivity contribution in [3.63, 3.8) is 0 Å². The fourth-order valence-electron chi connectivity index (χ4n) is 4.79. The summed E-state index contributed by atoms with van der Waals surface area (Å²) in [6.07, 6.45) is 0.404. The molecular weight excluding hydrogens is 592 g/mol. The lowest BCUT2D eigenvalue weighted by Crippen LogP contribution is -2.35. The van der Waals surface area contributed by atoms with Crippen LogP contribution in [0.5, 0.6) is 11.5 Å². The Morgan fingerprint density at radius 1 is 0.933 bits per heavy atom. The molecule has 1 unspecified atom stereocenters. The number of ether oxygens (including phenoxy) is 2. The van der Waals surface area contributed by atoms with Gasteiger partial charge in [-0.3, -0.25) is 14.7 Å². The molecule has 0 aliphatic heterocycles. The van der Waals surface area contributed by atoms with E-state index in [1.165, 1.54) is 31.0 Å². The van der Waals surface area contributed by atoms with Crippen molar-refractivity contribution in [2.24, 2.45) is 0 Å². The molecule has 2 N–H and O–H groups in total. The summed E-state index contributed by atoms with van der Waals surface area (Å²) < 4.78 is 12.6. The number of amides is 2. The second kappa shape index (κ2) is 14.4. The summed E-state index contributed by atoms with van der Waals surface area (Å²) in [7, 11) is 3.07. The summed E-state index contributed by atoms with van der Waals surface area (Å²) in [5.74, 6) is 2.12. The maximum absolute atomic E-state index is 13.5. The van der Waals surface area contributed by atoms with E-state index in [0.717, 1.165) is 16.7 Å². The van der Waals surface area contributed by atoms with Gasteiger partial charge in [0.1, 0.15) is 11.5 Å². The van der Waals surface area contributed by atoms with E-state index in [2.05, 4.69) is 26.9 Å². The van der Waals surface area contributed by atoms with Crippen molar-refractivity contribution in [3.8, 4) is 17.2 Å². The number of carbonyl (C=O) groups excluding carboxylic acids is 1. The Morgan fingerprint density at radius 3 is 2.38 bits per heavy atom. The van der Waals surface area contributed by atoms with Crippen LogP contribution in [0.15, 0.2) is 102 Å². The van der Waals surface area contributed by atoms with Crippen LogP contribution in [0.25, 0.3) is 5.69 Å². The van der Waals surface area contributed by atoms with Crippen molar-refractivity contribution in [3.05, 3.63) is 130 Å². The highest BCUT2D eigenvalue weighted by Crippen LogP contribution is 2.31. The Labute approximate surface area is 264 Å². The molecule has 230 valence electrons. The first-order valence-corrected chi connectivity index (χ1v) is 15.0. The van der Waals surface area contributed by atoms with E-state index in [1.54, 1.807) is 37.4 Å². The molecule has 0 saturated carbocycles. The van der Waals surface area contributed by atoms with Gasteiger partial charge in [-0.25, -0.2) is 4.79 Å². The van der Waals surface area contributed by atoms with E-state index in [1.807, 2.05) is 60.0 Å². The van der Waals surface area contributed by atoms with E-state index >= 15 is 0 Å². The molecule has 12 heteroatoms. The normalized spacial score (nSPS) is 11.4. The van der Waals surface area contributed by atoms with Gasteiger partial charge in [0.05, 0.1) is 30.9 Å². The molecule has 4 aromatic carbocycles. The maximum Gasteiger partial charge on any atom is 0.319 e. The Bertz CT molecular complexity index is 1780. The second-order valence-corrected chi connectivity index (χ2v) is 11.1. The topological polar surface area (TPSA) is 133 Å². The number of aryl methyl sites for hydroxylation is 1. The zero-order valence-electron chi connectivity index (χ0n) is 25.0. The number of carbonyl (C=O) groups is 1. The number of nitro groups is 1. The second-order valence-electron chi connectivity index (χ2n) is 10.1. The van der Waals surface area contributed by atoms with Crippen molar-refractivity contribution in [1.82, 2.24) is 20.1 Å². The molecule has 0 bridgehead atoms. The molecule has 0 spiro atoms. The zero-order chi connectivity index (χ0) is 31.8. The maximum atomic E-state index is 13.5. The van der Waals surface area contributed by atoms with Gasteiger partial charge in [0.25, 0.3) is 5.69 Å². The van der Waals surface area contributed by atoms with Crippen molar-refractivity contribution < 1.29 is 19.2 Å². The number of aromatic nitrogens is 3. The summed E-state index contributed by atoms with van der Waals surface area (Å²) >= 11 is 1.49. The fraction of sp³-hybridized carbons (Fsp3) is 0.182. The number of rotatable bonds is 12. The lowest BCUT2D eigenvalue weighted by atomic mass is 10.1. The summed E-state index contributed by atoms with van der Waals surface area (Å²) in [5.41, 5.74) is 4.29. The fourth-order valence-corrected chi connectivity index (χ4v) is 5.69. The van der Waals surface area contributed by atoms with E-state index < -0.39 is 17.0 Å². The molecule has 0 fully saturated rings. The van der Waals surface area contributed by atoms with Crippen LogP contribution >= 0.6 is 11.8 Å². The van der Waals surface area contributed by atoms with Crippen molar-refractivity contribution in [2.75, 3.05) is 19.5 Å². The number of hydrogen-bond acceptors (Lipinski definition) is 8. The Hall–Kier alpha value is -5.36. The number of non-ortho nitro benzene ring substituents is 1. The van der Waals surface area contributed by atoms with E-state index in [-0.39, 0.29) is 5.69 Å². The molecule has 5 rings (SSSR count). The largest absolute Gasteiger partial charge is 0.497 e. The predicted molar refractivity (Wildman–Crippen MR) is 173 cm³/mol. The molecule has 0 aliphatic rings. The smallest absolute Gasteiger partial charge is 0.319 e. The highest BCUT2D eigenvalue weighted by atomic mass is 32.2. The van der Waals surface area contributed by atoms with Crippen molar-refractivity contribution in [2.45, 2.75) is 30.3 Å². The van der Waals surface area contributed by atoms with Crippen LogP contribution in [0, 0.1) is 17.0 Å². The highest BCUT2D eigenvalue weighted by Gasteiger charge is 2.26. The molecular formula is C33H32N6O5S. The van der Waals surface area contributed by atoms with Gasteiger partial charge in [-0.1, -0.05) is 71.9 Å². The standard InChI is InChI=1S/C33H32N6O5S/c1-22-8-7-11-24(18-22)21-45-33-37-36-31(38(33)25-12-14-26(15-13-25)39(41)42)29(19-23-9-5-4-6-10-23)35-32(40)34-28-17-16-27(43-2)20-30(28)44-3/h4-18,20,29H,19,21H2,1-3H3,(H2,34,35,40). The molecule has 0 aliphatic carbocycles. The average molecular weight is 625 g/mol. The SMILES string of the molecule is COc1ccc(NC(=O)NC(Cc2ccccc2)c2nnc(SCc3cccc(C)c3)n2-c2ccc([N+](=O)[O-])cc2)c(OC)c1. The number of hydrogen-bond donors (Lipinski definition) is 2. The summed E-state index contributed by atoms with van der Waals surface area (Å²) in [6.45, 7) is 2.04. The number of anilines is 1. The van der Waals surface area contributed by atoms with Gasteiger partial charge >= 0.3 is 6.03 Å². The number of nitrogens with zero attached hydrogens (tertiary/aromatic N) is 4. The van der Waals surface area contributed by atoms with Crippen molar-refractivity contribution in [1.29, 1.82) is 0 Å². The van der Waals surface area contributed by atoms with Crippen LogP contribution in [0.1, 0.15) is 28.6 Å². The predicted octanol–water partition coefficient (Wildman–Crippen LogP) is 6.90. The molecule has 1 aromatic heterocycles. The molecule has 0 saturated heterocycles. The van der Waals surface area contributed by atoms with Crippen LogP contribution in [0.2, 0.25) is 0 Å². The van der Waals surface area contributed by atoms with Gasteiger partial charge in [0, 0.05) is 36.1 Å². The molecule has 5 aromatic rings. The summed E-state index contributed by atoms with van der Waals surface area (Å²) in [5, 5.41) is 27.0. The van der Waals surface area contributed by atoms with E-state index in [9.17, 15) is 14.9 Å². The number of nitro benzene ring substituents is 1. The Kier molecular flexibility index (Phi) is 9.95. The van der Waals surface area contributed by atoms with Crippen LogP contribution in [-0.2, 0) is 12.2 Å². The van der Waals surface area contributed by atoms with Crippen LogP contribution in [-0.4, -0.2) is 39.9 Å². The molecule has 1 heterocycles. The van der Waals surface area contributed by atoms with Crippen LogP contribution in [0.3, 0.4) is 0 Å². The van der Waals surface area contributed by atoms with Gasteiger partial charge in [-0.2, -0.15) is 0 Å². The molecule has 45 heavy (non-hydrogen) atoms. The van der Waals surface area contributed by atoms with E-state index in [0.29, 0.717) is 46.0 Å². The molecule has 11 nitrogen and oxygen atoms in total. The van der Waals surface area contributed by atoms with Crippen LogP contribution in [0.4, 0.5) is 16.2 Å². The third-order valence-electron chi connectivity index (χ3n) is 6.98. The first-order valence-electron chi connectivity index (χ1n) is 14.1. The van der Waals surface area contributed by atoms with Gasteiger partial charge in [-0.05, 0) is 42.3 Å². The Morgan fingerprint density at radius 2 is 1.69 bits per heavy atom. The summed E-state index contributed by atoms with van der Waals surface area (Å²) in [6, 6.07) is 28.1. The van der Waals surface area contributed by atoms with E-state index in [4.69, 9.17) is 9.47 Å². The van der Waals surface area contributed by atoms with Gasteiger partial charge in [0.2, 0.25) is 0 Å². The van der Waals surface area contributed by atoms with Gasteiger partial charge in [0.15, 0.2) is 11.0 Å². The number of benzene rings is 4. The summed E-state index contributed by atoms with van der Waals surface area (Å²) in [4.78, 5) is 24.4. The highest BCUT2D eigenvalue weighted by molar-refractivity contribution is 7.98. The molecule has 1 atom stereocenters. The number of nitrogens with one attached hydrogen (secondary N) is 2. The first-order chi connectivity index (χ1) is 21.8.